The Kier molecular flexibility index (Phi) is 7.35. The van der Waals surface area contributed by atoms with Crippen molar-refractivity contribution in [1.29, 1.82) is 0 Å². The number of carbonyl (C=O) groups is 4. The Morgan fingerprint density at radius 2 is 1.84 bits per heavy atom. The van der Waals surface area contributed by atoms with Crippen LogP contribution in [0.2, 0.25) is 0 Å². The molecule has 4 heterocycles. The molecule has 5 rings (SSSR count). The Labute approximate surface area is 223 Å². The molecule has 38 heavy (non-hydrogen) atoms. The molecule has 3 fully saturated rings. The van der Waals surface area contributed by atoms with E-state index in [0.717, 1.165) is 37.0 Å². The predicted molar refractivity (Wildman–Crippen MR) is 140 cm³/mol. The molecule has 1 aromatic carbocycles. The van der Waals surface area contributed by atoms with Crippen molar-refractivity contribution in [1.82, 2.24) is 25.8 Å². The number of nitrogens with zero attached hydrogens (tertiary/aromatic N) is 2. The SMILES string of the molecule is CN[C@@H](C)C(=O)N[C@@H]1C(=O)N2[C@@H](CCCC13CN(C(C)=O)C3)CC[C@H]2C(=O)NC1CCOc2ccccc21. The number of carbonyl (C=O) groups excluding carboxylic acids is 4. The standard InChI is InChI=1S/C28H39N5O5/c1-17(29-3)25(35)31-24-27(37)33-19(7-6-13-28(24)15-32(16-28)18(2)34)10-11-22(33)26(36)30-21-12-14-38-23-9-5-4-8-20(21)23/h4-5,8-9,17,19,21-22,24,29H,6-7,10-16H2,1-3H3,(H,30,36)(H,31,35)/t17-,19-,21?,22-,24+/m0/s1. The summed E-state index contributed by atoms with van der Waals surface area (Å²) in [7, 11) is 1.70. The molecule has 4 amide bonds. The molecule has 10 heteroatoms. The first-order valence-corrected chi connectivity index (χ1v) is 13.8. The maximum Gasteiger partial charge on any atom is 0.246 e. The van der Waals surface area contributed by atoms with E-state index in [2.05, 4.69) is 16.0 Å². The lowest BCUT2D eigenvalue weighted by molar-refractivity contribution is -0.160. The van der Waals surface area contributed by atoms with E-state index in [1.807, 2.05) is 24.3 Å². The second-order valence-electron chi connectivity index (χ2n) is 11.3. The number of likely N-dealkylation sites (tertiary alicyclic amines) is 1. The van der Waals surface area contributed by atoms with Gasteiger partial charge in [0.15, 0.2) is 0 Å². The van der Waals surface area contributed by atoms with Crippen molar-refractivity contribution in [3.63, 3.8) is 0 Å². The summed E-state index contributed by atoms with van der Waals surface area (Å²) < 4.78 is 5.75. The molecule has 206 valence electrons. The van der Waals surface area contributed by atoms with Gasteiger partial charge in [0.1, 0.15) is 17.8 Å². The number of para-hydroxylation sites is 1. The summed E-state index contributed by atoms with van der Waals surface area (Å²) in [5, 5.41) is 9.16. The van der Waals surface area contributed by atoms with Crippen LogP contribution in [0, 0.1) is 5.41 Å². The van der Waals surface area contributed by atoms with Crippen LogP contribution in [0.1, 0.15) is 64.0 Å². The second kappa shape index (κ2) is 10.6. The summed E-state index contributed by atoms with van der Waals surface area (Å²) in [6, 6.07) is 5.64. The van der Waals surface area contributed by atoms with E-state index < -0.39 is 23.5 Å². The smallest absolute Gasteiger partial charge is 0.246 e. The number of hydrogen-bond acceptors (Lipinski definition) is 6. The maximum absolute atomic E-state index is 14.3. The average Bonchev–Trinajstić information content (AvgIpc) is 3.30. The fraction of sp³-hybridized carbons (Fsp3) is 0.643. The third kappa shape index (κ3) is 4.74. The summed E-state index contributed by atoms with van der Waals surface area (Å²) >= 11 is 0. The van der Waals surface area contributed by atoms with Crippen LogP contribution < -0.4 is 20.7 Å². The van der Waals surface area contributed by atoms with Crippen LogP contribution in [-0.2, 0) is 19.2 Å². The molecule has 0 radical (unpaired) electrons. The van der Waals surface area contributed by atoms with Crippen LogP contribution in [0.5, 0.6) is 5.75 Å². The zero-order valence-corrected chi connectivity index (χ0v) is 22.5. The molecule has 5 atom stereocenters. The van der Waals surface area contributed by atoms with Crippen LogP contribution in [0.3, 0.4) is 0 Å². The minimum absolute atomic E-state index is 0.0353. The molecule has 1 aromatic rings. The van der Waals surface area contributed by atoms with E-state index in [-0.39, 0.29) is 35.7 Å². The summed E-state index contributed by atoms with van der Waals surface area (Å²) in [5.41, 5.74) is 0.421. The Morgan fingerprint density at radius 3 is 2.58 bits per heavy atom. The third-order valence-corrected chi connectivity index (χ3v) is 8.98. The summed E-state index contributed by atoms with van der Waals surface area (Å²) in [4.78, 5) is 56.5. The van der Waals surface area contributed by atoms with Crippen molar-refractivity contribution in [2.75, 3.05) is 26.7 Å². The highest BCUT2D eigenvalue weighted by molar-refractivity contribution is 5.95. The number of hydrogen-bond donors (Lipinski definition) is 3. The quantitative estimate of drug-likeness (QED) is 0.530. The molecule has 1 unspecified atom stereocenters. The summed E-state index contributed by atoms with van der Waals surface area (Å²) in [6.45, 7) is 4.66. The summed E-state index contributed by atoms with van der Waals surface area (Å²) in [6.07, 6.45) is 4.45. The fourth-order valence-corrected chi connectivity index (χ4v) is 6.65. The maximum atomic E-state index is 14.3. The molecule has 4 aliphatic rings. The van der Waals surface area contributed by atoms with Crippen molar-refractivity contribution < 1.29 is 23.9 Å². The van der Waals surface area contributed by atoms with Crippen LogP contribution in [0.4, 0.5) is 0 Å². The minimum atomic E-state index is -0.790. The largest absolute Gasteiger partial charge is 0.493 e. The van der Waals surface area contributed by atoms with Gasteiger partial charge in [0.05, 0.1) is 18.7 Å². The van der Waals surface area contributed by atoms with Gasteiger partial charge in [-0.15, -0.1) is 0 Å². The normalized spacial score (nSPS) is 28.7. The molecule has 0 aromatic heterocycles. The molecule has 3 saturated heterocycles. The monoisotopic (exact) mass is 525 g/mol. The highest BCUT2D eigenvalue weighted by Crippen LogP contribution is 2.44. The lowest BCUT2D eigenvalue weighted by Crippen LogP contribution is -2.72. The van der Waals surface area contributed by atoms with Gasteiger partial charge in [-0.25, -0.2) is 0 Å². The van der Waals surface area contributed by atoms with E-state index in [1.54, 1.807) is 23.8 Å². The first-order valence-electron chi connectivity index (χ1n) is 13.8. The van der Waals surface area contributed by atoms with Crippen molar-refractivity contribution >= 4 is 23.6 Å². The van der Waals surface area contributed by atoms with Gasteiger partial charge in [-0.1, -0.05) is 24.6 Å². The molecule has 10 nitrogen and oxygen atoms in total. The third-order valence-electron chi connectivity index (χ3n) is 8.98. The highest BCUT2D eigenvalue weighted by Gasteiger charge is 2.57. The highest BCUT2D eigenvalue weighted by atomic mass is 16.5. The zero-order chi connectivity index (χ0) is 27.0. The van der Waals surface area contributed by atoms with E-state index in [0.29, 0.717) is 32.5 Å². The van der Waals surface area contributed by atoms with E-state index >= 15 is 0 Å². The van der Waals surface area contributed by atoms with Crippen LogP contribution in [0.25, 0.3) is 0 Å². The van der Waals surface area contributed by atoms with Crippen molar-refractivity contribution in [3.8, 4) is 5.75 Å². The van der Waals surface area contributed by atoms with Crippen molar-refractivity contribution in [3.05, 3.63) is 29.8 Å². The number of benzene rings is 1. The van der Waals surface area contributed by atoms with E-state index in [4.69, 9.17) is 4.74 Å². The minimum Gasteiger partial charge on any atom is -0.493 e. The van der Waals surface area contributed by atoms with Crippen molar-refractivity contribution in [2.24, 2.45) is 5.41 Å². The first-order chi connectivity index (χ1) is 18.2. The number of ether oxygens (including phenoxy) is 1. The molecule has 0 saturated carbocycles. The zero-order valence-electron chi connectivity index (χ0n) is 22.5. The first kappa shape index (κ1) is 26.5. The van der Waals surface area contributed by atoms with E-state index in [1.165, 1.54) is 6.92 Å². The Morgan fingerprint density at radius 1 is 1.08 bits per heavy atom. The molecule has 0 bridgehead atoms. The van der Waals surface area contributed by atoms with Gasteiger partial charge in [-0.2, -0.15) is 0 Å². The molecule has 3 N–H and O–H groups in total. The Balaban J connectivity index is 1.40. The van der Waals surface area contributed by atoms with Gasteiger partial charge in [0.2, 0.25) is 23.6 Å². The Hall–Kier alpha value is -3.14. The number of fused-ring (bicyclic) bond motifs is 2. The van der Waals surface area contributed by atoms with Gasteiger partial charge in [0, 0.05) is 43.5 Å². The van der Waals surface area contributed by atoms with Gasteiger partial charge >= 0.3 is 0 Å². The number of likely N-dealkylation sites (N-methyl/N-ethyl adjacent to an activating group) is 1. The number of nitrogens with one attached hydrogen (secondary N) is 3. The van der Waals surface area contributed by atoms with Crippen molar-refractivity contribution in [2.45, 2.75) is 82.6 Å². The molecule has 0 aliphatic carbocycles. The molecular weight excluding hydrogens is 486 g/mol. The second-order valence-corrected chi connectivity index (χ2v) is 11.3. The van der Waals surface area contributed by atoms with Gasteiger partial charge in [-0.05, 0) is 45.7 Å². The van der Waals surface area contributed by atoms with Gasteiger partial charge in [0.25, 0.3) is 0 Å². The topological polar surface area (TPSA) is 120 Å². The lowest BCUT2D eigenvalue weighted by Gasteiger charge is -2.55. The molecule has 1 spiro atoms. The Bertz CT molecular complexity index is 1100. The number of rotatable bonds is 5. The molecule has 4 aliphatic heterocycles. The van der Waals surface area contributed by atoms with E-state index in [9.17, 15) is 19.2 Å². The van der Waals surface area contributed by atoms with Crippen LogP contribution in [0.15, 0.2) is 24.3 Å². The fourth-order valence-electron chi connectivity index (χ4n) is 6.65. The number of amides is 4. The average molecular weight is 526 g/mol. The molecular formula is C28H39N5O5. The van der Waals surface area contributed by atoms with Crippen LogP contribution in [-0.4, -0.2) is 84.3 Å². The van der Waals surface area contributed by atoms with Crippen LogP contribution >= 0.6 is 0 Å². The predicted octanol–water partition coefficient (Wildman–Crippen LogP) is 1.11. The van der Waals surface area contributed by atoms with Gasteiger partial charge in [-0.3, -0.25) is 19.2 Å². The summed E-state index contributed by atoms with van der Waals surface area (Å²) in [5.74, 6) is 0.109. The van der Waals surface area contributed by atoms with Gasteiger partial charge < -0.3 is 30.5 Å². The lowest BCUT2D eigenvalue weighted by atomic mass is 9.68.